The van der Waals surface area contributed by atoms with E-state index < -0.39 is 11.9 Å². The van der Waals surface area contributed by atoms with Crippen LogP contribution in [0.25, 0.3) is 10.9 Å². The summed E-state index contributed by atoms with van der Waals surface area (Å²) in [6.07, 6.45) is 2.35. The van der Waals surface area contributed by atoms with Crippen molar-refractivity contribution < 1.29 is 19.6 Å². The monoisotopic (exact) mass is 346 g/mol. The third kappa shape index (κ3) is 6.02. The predicted molar refractivity (Wildman–Crippen MR) is 93.0 cm³/mol. The Hall–Kier alpha value is -2.71. The highest BCUT2D eigenvalue weighted by atomic mass is 16.7. The van der Waals surface area contributed by atoms with E-state index >= 15 is 0 Å². The van der Waals surface area contributed by atoms with Crippen LogP contribution >= 0.6 is 0 Å². The highest BCUT2D eigenvalue weighted by molar-refractivity contribution is 5.99. The standard InChI is InChI=1S/C17H22N4O4/c1-12-9-10-13-6-5-7-14(16(13)18-12)19-17(23)21-25-11-4-2-3-8-15(22)20-24/h5-7,9-10,24H,2-4,8,11H2,1H3,(H,20,22)(H2,19,21,23). The topological polar surface area (TPSA) is 113 Å². The minimum absolute atomic E-state index is 0.262. The largest absolute Gasteiger partial charge is 0.343 e. The summed E-state index contributed by atoms with van der Waals surface area (Å²) in [5, 5.41) is 12.0. The second-order valence-corrected chi connectivity index (χ2v) is 5.58. The number of anilines is 1. The molecule has 3 amide bonds. The summed E-state index contributed by atoms with van der Waals surface area (Å²) >= 11 is 0. The summed E-state index contributed by atoms with van der Waals surface area (Å²) < 4.78 is 0. The summed E-state index contributed by atoms with van der Waals surface area (Å²) in [7, 11) is 0. The lowest BCUT2D eigenvalue weighted by atomic mass is 10.2. The van der Waals surface area contributed by atoms with Gasteiger partial charge in [0, 0.05) is 17.5 Å². The number of aromatic nitrogens is 1. The zero-order valence-electron chi connectivity index (χ0n) is 14.0. The van der Waals surface area contributed by atoms with Crippen molar-refractivity contribution in [1.29, 1.82) is 0 Å². The van der Waals surface area contributed by atoms with Crippen LogP contribution in [-0.4, -0.2) is 28.7 Å². The maximum atomic E-state index is 11.9. The fourth-order valence-electron chi connectivity index (χ4n) is 2.30. The molecule has 2 rings (SSSR count). The van der Waals surface area contributed by atoms with Gasteiger partial charge in [0.2, 0.25) is 5.91 Å². The van der Waals surface area contributed by atoms with E-state index in [1.54, 1.807) is 11.5 Å². The number of hydroxylamine groups is 2. The van der Waals surface area contributed by atoms with Gasteiger partial charge in [-0.1, -0.05) is 24.6 Å². The lowest BCUT2D eigenvalue weighted by Gasteiger charge is -2.10. The van der Waals surface area contributed by atoms with E-state index in [0.29, 0.717) is 25.1 Å². The molecule has 25 heavy (non-hydrogen) atoms. The van der Waals surface area contributed by atoms with Crippen LogP contribution in [0, 0.1) is 6.92 Å². The average Bonchev–Trinajstić information content (AvgIpc) is 2.61. The van der Waals surface area contributed by atoms with Crippen LogP contribution in [0.15, 0.2) is 30.3 Å². The van der Waals surface area contributed by atoms with E-state index in [1.807, 2.05) is 31.2 Å². The molecule has 134 valence electrons. The molecule has 1 heterocycles. The van der Waals surface area contributed by atoms with E-state index in [0.717, 1.165) is 23.0 Å². The number of unbranched alkanes of at least 4 members (excludes halogenated alkanes) is 2. The average molecular weight is 346 g/mol. The molecule has 0 fully saturated rings. The molecule has 4 N–H and O–H groups in total. The van der Waals surface area contributed by atoms with Crippen LogP contribution in [0.2, 0.25) is 0 Å². The van der Waals surface area contributed by atoms with Gasteiger partial charge >= 0.3 is 6.03 Å². The predicted octanol–water partition coefficient (Wildman–Crippen LogP) is 2.66. The summed E-state index contributed by atoms with van der Waals surface area (Å²) in [6, 6.07) is 8.95. The number of amides is 3. The molecule has 1 aromatic carbocycles. The van der Waals surface area contributed by atoms with E-state index in [4.69, 9.17) is 10.0 Å². The molecule has 0 aliphatic rings. The Bertz CT molecular complexity index is 736. The molecule has 8 heteroatoms. The highest BCUT2D eigenvalue weighted by Crippen LogP contribution is 2.21. The van der Waals surface area contributed by atoms with Gasteiger partial charge in [-0.3, -0.25) is 19.8 Å². The minimum atomic E-state index is -0.476. The van der Waals surface area contributed by atoms with Crippen molar-refractivity contribution in [2.45, 2.75) is 32.6 Å². The molecular formula is C17H22N4O4. The zero-order valence-corrected chi connectivity index (χ0v) is 14.0. The molecule has 0 aliphatic carbocycles. The fraction of sp³-hybridized carbons (Fsp3) is 0.353. The molecule has 0 saturated heterocycles. The Morgan fingerprint density at radius 1 is 1.16 bits per heavy atom. The lowest BCUT2D eigenvalue weighted by Crippen LogP contribution is -2.29. The summed E-state index contributed by atoms with van der Waals surface area (Å²) in [6.45, 7) is 2.23. The molecule has 0 saturated carbocycles. The number of aryl methyl sites for hydroxylation is 1. The molecule has 2 aromatic rings. The molecule has 1 aromatic heterocycles. The Kier molecular flexibility index (Phi) is 7.12. The number of urea groups is 1. The second kappa shape index (κ2) is 9.55. The molecule has 0 radical (unpaired) electrons. The van der Waals surface area contributed by atoms with Crippen LogP contribution in [0.5, 0.6) is 0 Å². The van der Waals surface area contributed by atoms with Crippen LogP contribution < -0.4 is 16.3 Å². The molecule has 0 aliphatic heterocycles. The number of para-hydroxylation sites is 1. The number of nitrogens with zero attached hydrogens (tertiary/aromatic N) is 1. The first-order chi connectivity index (χ1) is 12.1. The Labute approximate surface area is 145 Å². The van der Waals surface area contributed by atoms with Gasteiger partial charge in [-0.2, -0.15) is 0 Å². The van der Waals surface area contributed by atoms with Crippen molar-refractivity contribution in [3.05, 3.63) is 36.0 Å². The highest BCUT2D eigenvalue weighted by Gasteiger charge is 2.07. The third-order valence-electron chi connectivity index (χ3n) is 3.55. The number of carbonyl (C=O) groups is 2. The van der Waals surface area contributed by atoms with E-state index in [9.17, 15) is 9.59 Å². The number of fused-ring (bicyclic) bond motifs is 1. The first-order valence-electron chi connectivity index (χ1n) is 8.08. The smallest absolute Gasteiger partial charge is 0.304 e. The van der Waals surface area contributed by atoms with E-state index in [-0.39, 0.29) is 6.42 Å². The number of pyridine rings is 1. The summed E-state index contributed by atoms with van der Waals surface area (Å²) in [5.41, 5.74) is 6.10. The normalized spacial score (nSPS) is 10.5. The zero-order chi connectivity index (χ0) is 18.1. The maximum absolute atomic E-state index is 11.9. The molecule has 0 spiro atoms. The van der Waals surface area contributed by atoms with Crippen molar-refractivity contribution >= 4 is 28.5 Å². The van der Waals surface area contributed by atoms with Gasteiger partial charge in [0.05, 0.1) is 17.8 Å². The third-order valence-corrected chi connectivity index (χ3v) is 3.55. The van der Waals surface area contributed by atoms with Crippen molar-refractivity contribution in [2.75, 3.05) is 11.9 Å². The first kappa shape index (κ1) is 18.6. The second-order valence-electron chi connectivity index (χ2n) is 5.58. The molecule has 0 bridgehead atoms. The number of nitrogens with one attached hydrogen (secondary N) is 3. The van der Waals surface area contributed by atoms with Crippen LogP contribution in [0.1, 0.15) is 31.4 Å². The van der Waals surface area contributed by atoms with Crippen molar-refractivity contribution in [3.8, 4) is 0 Å². The van der Waals surface area contributed by atoms with Crippen molar-refractivity contribution in [3.63, 3.8) is 0 Å². The summed E-state index contributed by atoms with van der Waals surface area (Å²) in [5.74, 6) is -0.405. The number of benzene rings is 1. The summed E-state index contributed by atoms with van der Waals surface area (Å²) in [4.78, 5) is 32.3. The molecule has 8 nitrogen and oxygen atoms in total. The minimum Gasteiger partial charge on any atom is -0.304 e. The van der Waals surface area contributed by atoms with Gasteiger partial charge in [0.15, 0.2) is 0 Å². The van der Waals surface area contributed by atoms with Gasteiger partial charge in [-0.15, -0.1) is 0 Å². The molecular weight excluding hydrogens is 324 g/mol. The number of hydrogen-bond acceptors (Lipinski definition) is 5. The van der Waals surface area contributed by atoms with Gasteiger partial charge in [0.25, 0.3) is 0 Å². The first-order valence-corrected chi connectivity index (χ1v) is 8.08. The van der Waals surface area contributed by atoms with Gasteiger partial charge < -0.3 is 5.32 Å². The van der Waals surface area contributed by atoms with Crippen molar-refractivity contribution in [2.24, 2.45) is 0 Å². The lowest BCUT2D eigenvalue weighted by molar-refractivity contribution is -0.129. The molecule has 0 atom stereocenters. The maximum Gasteiger partial charge on any atom is 0.343 e. The van der Waals surface area contributed by atoms with Crippen LogP contribution in [-0.2, 0) is 9.63 Å². The van der Waals surface area contributed by atoms with Gasteiger partial charge in [0.1, 0.15) is 0 Å². The van der Waals surface area contributed by atoms with Crippen LogP contribution in [0.4, 0.5) is 10.5 Å². The van der Waals surface area contributed by atoms with Gasteiger partial charge in [-0.05, 0) is 31.9 Å². The SMILES string of the molecule is Cc1ccc2cccc(NC(=O)NOCCCCCC(=O)NO)c2n1. The number of rotatable bonds is 8. The number of carbonyl (C=O) groups excluding carboxylic acids is 2. The Morgan fingerprint density at radius 3 is 2.80 bits per heavy atom. The van der Waals surface area contributed by atoms with Gasteiger partial charge in [-0.25, -0.2) is 15.8 Å². The number of hydrogen-bond donors (Lipinski definition) is 4. The Balaban J connectivity index is 1.72. The van der Waals surface area contributed by atoms with E-state index in [2.05, 4.69) is 15.8 Å². The Morgan fingerprint density at radius 2 is 2.00 bits per heavy atom. The fourth-order valence-corrected chi connectivity index (χ4v) is 2.30. The molecule has 0 unspecified atom stereocenters. The van der Waals surface area contributed by atoms with Crippen molar-refractivity contribution in [1.82, 2.24) is 15.9 Å². The van der Waals surface area contributed by atoms with Crippen LogP contribution in [0.3, 0.4) is 0 Å². The quantitative estimate of drug-likeness (QED) is 0.333. The van der Waals surface area contributed by atoms with E-state index in [1.165, 1.54) is 0 Å².